The van der Waals surface area contributed by atoms with Crippen LogP contribution in [0.5, 0.6) is 0 Å². The summed E-state index contributed by atoms with van der Waals surface area (Å²) < 4.78 is 26.1. The Kier molecular flexibility index (Phi) is 10.3. The molecular weight excluding hydrogens is 544 g/mol. The molecule has 0 saturated carbocycles. The number of hydrogen-bond donors (Lipinski definition) is 1. The Labute approximate surface area is 220 Å². The molecule has 12 heteroatoms. The highest BCUT2D eigenvalue weighted by Crippen LogP contribution is 2.31. The second-order valence-corrected chi connectivity index (χ2v) is 11.0. The zero-order valence-electron chi connectivity index (χ0n) is 18.8. The van der Waals surface area contributed by atoms with Crippen LogP contribution >= 0.6 is 46.4 Å². The summed E-state index contributed by atoms with van der Waals surface area (Å²) in [7, 11) is -3.93. The molecule has 0 heterocycles. The fourth-order valence-corrected chi connectivity index (χ4v) is 5.28. The summed E-state index contributed by atoms with van der Waals surface area (Å²) in [6.45, 7) is 3.17. The summed E-state index contributed by atoms with van der Waals surface area (Å²) in [4.78, 5) is 27.6. The molecule has 0 fully saturated rings. The van der Waals surface area contributed by atoms with Crippen LogP contribution in [0, 0.1) is 0 Å². The lowest BCUT2D eigenvalue weighted by molar-refractivity contribution is -0.140. The number of hydrogen-bond acceptors (Lipinski definition) is 4. The maximum atomic E-state index is 13.6. The minimum absolute atomic E-state index is 0.0576. The summed E-state index contributed by atoms with van der Waals surface area (Å²) in [5.74, 6) is -1.01. The highest BCUT2D eigenvalue weighted by atomic mass is 35.5. The van der Waals surface area contributed by atoms with E-state index in [4.69, 9.17) is 46.4 Å². The zero-order chi connectivity index (χ0) is 25.6. The number of nitrogens with zero attached hydrogens (tertiary/aromatic N) is 2. The van der Waals surface area contributed by atoms with Crippen LogP contribution in [0.4, 0.5) is 5.69 Å². The largest absolute Gasteiger partial charge is 0.355 e. The van der Waals surface area contributed by atoms with Gasteiger partial charge in [-0.25, -0.2) is 8.42 Å². The standard InChI is InChI=1S/C22H25Cl4N3O4S/c1-4-19(22(31)27-5-2)28(12-15-16(24)7-6-8-17(15)25)21(30)13-29(34(3,32)33)20-10-9-14(23)11-18(20)26/h6-11,19H,4-5,12-13H2,1-3H3,(H,27,31)/t19-/m1/s1. The van der Waals surface area contributed by atoms with Gasteiger partial charge in [0.2, 0.25) is 21.8 Å². The molecule has 0 radical (unpaired) electrons. The highest BCUT2D eigenvalue weighted by Gasteiger charge is 2.32. The Morgan fingerprint density at radius 3 is 2.12 bits per heavy atom. The number of carbonyl (C=O) groups excluding carboxylic acids is 2. The van der Waals surface area contributed by atoms with E-state index in [2.05, 4.69) is 5.32 Å². The Morgan fingerprint density at radius 1 is 1.00 bits per heavy atom. The summed E-state index contributed by atoms with van der Waals surface area (Å²) >= 11 is 24.8. The van der Waals surface area contributed by atoms with E-state index in [0.29, 0.717) is 27.2 Å². The Bertz CT molecular complexity index is 1140. The van der Waals surface area contributed by atoms with Gasteiger partial charge in [-0.1, -0.05) is 59.4 Å². The lowest BCUT2D eigenvalue weighted by atomic mass is 10.1. The molecule has 2 rings (SSSR count). The predicted molar refractivity (Wildman–Crippen MR) is 138 cm³/mol. The van der Waals surface area contributed by atoms with E-state index in [1.807, 2.05) is 0 Å². The summed E-state index contributed by atoms with van der Waals surface area (Å²) in [5, 5.41) is 3.71. The number of nitrogens with one attached hydrogen (secondary N) is 1. The first-order valence-electron chi connectivity index (χ1n) is 10.3. The third kappa shape index (κ3) is 7.15. The van der Waals surface area contributed by atoms with Gasteiger partial charge < -0.3 is 10.2 Å². The molecule has 2 amide bonds. The maximum absolute atomic E-state index is 13.6. The molecule has 2 aromatic rings. The second-order valence-electron chi connectivity index (χ2n) is 7.41. The maximum Gasteiger partial charge on any atom is 0.244 e. The molecule has 1 atom stereocenters. The average molecular weight is 569 g/mol. The van der Waals surface area contributed by atoms with Crippen molar-refractivity contribution in [2.24, 2.45) is 0 Å². The minimum atomic E-state index is -3.93. The van der Waals surface area contributed by atoms with Crippen molar-refractivity contribution in [2.75, 3.05) is 23.7 Å². The predicted octanol–water partition coefficient (Wildman–Crippen LogP) is 5.01. The van der Waals surface area contributed by atoms with Gasteiger partial charge in [-0.05, 0) is 43.7 Å². The van der Waals surface area contributed by atoms with Crippen molar-refractivity contribution in [3.05, 3.63) is 62.1 Å². The molecule has 2 aromatic carbocycles. The SMILES string of the molecule is CCNC(=O)[C@@H](CC)N(Cc1c(Cl)cccc1Cl)C(=O)CN(c1ccc(Cl)cc1Cl)S(C)(=O)=O. The van der Waals surface area contributed by atoms with Gasteiger partial charge in [0.15, 0.2) is 0 Å². The van der Waals surface area contributed by atoms with Gasteiger partial charge in [0.05, 0.1) is 17.0 Å². The van der Waals surface area contributed by atoms with Crippen molar-refractivity contribution < 1.29 is 18.0 Å². The molecule has 0 saturated heterocycles. The molecule has 0 aliphatic heterocycles. The Balaban J connectivity index is 2.53. The molecule has 34 heavy (non-hydrogen) atoms. The third-order valence-corrected chi connectivity index (χ3v) is 7.36. The van der Waals surface area contributed by atoms with E-state index in [0.717, 1.165) is 10.6 Å². The number of halogens is 4. The van der Waals surface area contributed by atoms with Crippen molar-refractivity contribution in [1.29, 1.82) is 0 Å². The van der Waals surface area contributed by atoms with E-state index in [9.17, 15) is 18.0 Å². The number of sulfonamides is 1. The topological polar surface area (TPSA) is 86.8 Å². The van der Waals surface area contributed by atoms with Crippen molar-refractivity contribution in [2.45, 2.75) is 32.9 Å². The fraction of sp³-hybridized carbons (Fsp3) is 0.364. The van der Waals surface area contributed by atoms with Gasteiger partial charge in [-0.2, -0.15) is 0 Å². The van der Waals surface area contributed by atoms with Gasteiger partial charge in [0, 0.05) is 33.7 Å². The van der Waals surface area contributed by atoms with Crippen LogP contribution < -0.4 is 9.62 Å². The van der Waals surface area contributed by atoms with E-state index in [1.165, 1.54) is 23.1 Å². The quantitative estimate of drug-likeness (QED) is 0.436. The first-order valence-corrected chi connectivity index (χ1v) is 13.7. The van der Waals surface area contributed by atoms with Gasteiger partial charge in [-0.3, -0.25) is 13.9 Å². The van der Waals surface area contributed by atoms with Crippen LogP contribution in [0.3, 0.4) is 0 Å². The number of likely N-dealkylation sites (N-methyl/N-ethyl adjacent to an activating group) is 1. The van der Waals surface area contributed by atoms with Crippen LogP contribution in [0.15, 0.2) is 36.4 Å². The molecule has 0 bridgehead atoms. The number of rotatable bonds is 10. The minimum Gasteiger partial charge on any atom is -0.355 e. The van der Waals surface area contributed by atoms with E-state index in [-0.39, 0.29) is 29.6 Å². The number of carbonyl (C=O) groups is 2. The number of benzene rings is 2. The average Bonchev–Trinajstić information content (AvgIpc) is 2.73. The summed E-state index contributed by atoms with van der Waals surface area (Å²) in [6, 6.07) is 8.28. The van der Waals surface area contributed by atoms with E-state index in [1.54, 1.807) is 32.0 Å². The smallest absolute Gasteiger partial charge is 0.244 e. The first kappa shape index (κ1) is 28.5. The van der Waals surface area contributed by atoms with Crippen LogP contribution in [0.1, 0.15) is 25.8 Å². The first-order chi connectivity index (χ1) is 15.9. The summed E-state index contributed by atoms with van der Waals surface area (Å²) in [5.41, 5.74) is 0.529. The molecule has 7 nitrogen and oxygen atoms in total. The molecule has 0 aromatic heterocycles. The highest BCUT2D eigenvalue weighted by molar-refractivity contribution is 7.92. The summed E-state index contributed by atoms with van der Waals surface area (Å²) in [6.07, 6.45) is 1.24. The van der Waals surface area contributed by atoms with E-state index < -0.39 is 28.5 Å². The molecular formula is C22H25Cl4N3O4S. The second kappa shape index (κ2) is 12.3. The lowest BCUT2D eigenvalue weighted by Gasteiger charge is -2.33. The van der Waals surface area contributed by atoms with Gasteiger partial charge in [-0.15, -0.1) is 0 Å². The molecule has 0 spiro atoms. The molecule has 0 unspecified atom stereocenters. The van der Waals surface area contributed by atoms with Crippen LogP contribution in [-0.2, 0) is 26.2 Å². The normalized spacial score (nSPS) is 12.2. The van der Waals surface area contributed by atoms with Crippen LogP contribution in [0.2, 0.25) is 20.1 Å². The number of anilines is 1. The Hall–Kier alpha value is -1.71. The molecule has 0 aliphatic rings. The van der Waals surface area contributed by atoms with Gasteiger partial charge >= 0.3 is 0 Å². The molecule has 186 valence electrons. The van der Waals surface area contributed by atoms with Crippen LogP contribution in [-0.4, -0.2) is 50.5 Å². The van der Waals surface area contributed by atoms with Crippen LogP contribution in [0.25, 0.3) is 0 Å². The monoisotopic (exact) mass is 567 g/mol. The number of amides is 2. The lowest BCUT2D eigenvalue weighted by Crippen LogP contribution is -2.52. The Morgan fingerprint density at radius 2 is 1.62 bits per heavy atom. The van der Waals surface area contributed by atoms with Crippen molar-refractivity contribution in [1.82, 2.24) is 10.2 Å². The van der Waals surface area contributed by atoms with Gasteiger partial charge in [0.25, 0.3) is 0 Å². The molecule has 0 aliphatic carbocycles. The fourth-order valence-electron chi connectivity index (χ4n) is 3.34. The van der Waals surface area contributed by atoms with E-state index >= 15 is 0 Å². The third-order valence-electron chi connectivity index (χ3n) is 4.98. The van der Waals surface area contributed by atoms with Gasteiger partial charge in [0.1, 0.15) is 12.6 Å². The van der Waals surface area contributed by atoms with Crippen molar-refractivity contribution >= 4 is 73.9 Å². The van der Waals surface area contributed by atoms with Crippen molar-refractivity contribution in [3.63, 3.8) is 0 Å². The van der Waals surface area contributed by atoms with Crippen molar-refractivity contribution in [3.8, 4) is 0 Å². The molecule has 1 N–H and O–H groups in total. The zero-order valence-corrected chi connectivity index (χ0v) is 22.7.